The molecule has 1 atom stereocenters. The summed E-state index contributed by atoms with van der Waals surface area (Å²) in [5.74, 6) is 0. The molecular weight excluding hydrogens is 330 g/mol. The molecule has 2 rings (SSSR count). The summed E-state index contributed by atoms with van der Waals surface area (Å²) in [7, 11) is 0. The highest BCUT2D eigenvalue weighted by molar-refractivity contribution is 9.10. The van der Waals surface area contributed by atoms with Gasteiger partial charge in [-0.05, 0) is 43.2 Å². The molecule has 1 unspecified atom stereocenters. The number of rotatable bonds is 6. The average Bonchev–Trinajstić information content (AvgIpc) is 2.50. The molecule has 1 fully saturated rings. The van der Waals surface area contributed by atoms with Crippen LogP contribution in [0.15, 0.2) is 28.7 Å². The minimum Gasteiger partial charge on any atom is -0.309 e. The molecule has 112 valence electrons. The Hall–Kier alpha value is 0.01000. The van der Waals surface area contributed by atoms with Crippen LogP contribution in [0.1, 0.15) is 57.1 Å². The predicted octanol–water partition coefficient (Wildman–Crippen LogP) is 5.56. The zero-order valence-corrected chi connectivity index (χ0v) is 15.0. The first-order chi connectivity index (χ1) is 9.69. The van der Waals surface area contributed by atoms with Gasteiger partial charge in [0.1, 0.15) is 0 Å². The van der Waals surface area contributed by atoms with Gasteiger partial charge in [-0.1, -0.05) is 54.2 Å². The van der Waals surface area contributed by atoms with Crippen molar-refractivity contribution in [1.82, 2.24) is 5.32 Å². The normalized spacial score (nSPS) is 19.8. The molecule has 1 N–H and O–H groups in total. The number of nitrogens with one attached hydrogen (secondary N) is 1. The van der Waals surface area contributed by atoms with Crippen molar-refractivity contribution < 1.29 is 0 Å². The molecule has 0 aromatic heterocycles. The van der Waals surface area contributed by atoms with Crippen molar-refractivity contribution in [3.05, 3.63) is 34.3 Å². The van der Waals surface area contributed by atoms with Gasteiger partial charge in [0.2, 0.25) is 0 Å². The van der Waals surface area contributed by atoms with Crippen molar-refractivity contribution in [1.29, 1.82) is 0 Å². The Kier molecular flexibility index (Phi) is 6.44. The van der Waals surface area contributed by atoms with Crippen molar-refractivity contribution in [2.24, 2.45) is 0 Å². The summed E-state index contributed by atoms with van der Waals surface area (Å²) in [5.41, 5.74) is 1.41. The zero-order chi connectivity index (χ0) is 14.4. The Morgan fingerprint density at radius 3 is 2.40 bits per heavy atom. The molecule has 1 saturated carbocycles. The van der Waals surface area contributed by atoms with E-state index in [9.17, 15) is 0 Å². The van der Waals surface area contributed by atoms with E-state index >= 15 is 0 Å². The predicted molar refractivity (Wildman–Crippen MR) is 94.5 cm³/mol. The smallest absolute Gasteiger partial charge is 0.0318 e. The maximum atomic E-state index is 3.83. The van der Waals surface area contributed by atoms with E-state index in [1.807, 2.05) is 0 Å². The van der Waals surface area contributed by atoms with E-state index in [0.717, 1.165) is 17.4 Å². The monoisotopic (exact) mass is 355 g/mol. The van der Waals surface area contributed by atoms with Gasteiger partial charge in [0.15, 0.2) is 0 Å². The van der Waals surface area contributed by atoms with E-state index in [4.69, 9.17) is 0 Å². The van der Waals surface area contributed by atoms with Crippen molar-refractivity contribution in [2.75, 3.05) is 12.8 Å². The molecule has 0 bridgehead atoms. The third kappa shape index (κ3) is 4.25. The van der Waals surface area contributed by atoms with E-state index in [1.165, 1.54) is 37.7 Å². The average molecular weight is 356 g/mol. The van der Waals surface area contributed by atoms with Gasteiger partial charge in [0.05, 0.1) is 0 Å². The standard InChI is InChI=1S/C17H26BrNS/c1-3-16(14-7-9-15(18)10-8-14)19-13-17(20-2)11-5-4-6-12-17/h7-10,16,19H,3-6,11-13H2,1-2H3. The van der Waals surface area contributed by atoms with Crippen LogP contribution in [0.25, 0.3) is 0 Å². The SMILES string of the molecule is CCC(NCC1(SC)CCCCC1)c1ccc(Br)cc1. The molecule has 3 heteroatoms. The third-order valence-electron chi connectivity index (χ3n) is 4.55. The van der Waals surface area contributed by atoms with E-state index in [2.05, 4.69) is 70.5 Å². The van der Waals surface area contributed by atoms with E-state index in [-0.39, 0.29) is 0 Å². The second-order valence-corrected chi connectivity index (χ2v) is 8.03. The van der Waals surface area contributed by atoms with Crippen LogP contribution in [0.3, 0.4) is 0 Å². The summed E-state index contributed by atoms with van der Waals surface area (Å²) in [5, 5.41) is 3.83. The van der Waals surface area contributed by atoms with E-state index < -0.39 is 0 Å². The van der Waals surface area contributed by atoms with Crippen LogP contribution in [0, 0.1) is 0 Å². The Balaban J connectivity index is 1.97. The minimum absolute atomic E-state index is 0.473. The lowest BCUT2D eigenvalue weighted by molar-refractivity contribution is 0.360. The molecule has 1 aromatic carbocycles. The fourth-order valence-corrected chi connectivity index (χ4v) is 4.34. The Morgan fingerprint density at radius 1 is 1.20 bits per heavy atom. The maximum absolute atomic E-state index is 3.83. The minimum atomic E-state index is 0.473. The molecule has 20 heavy (non-hydrogen) atoms. The van der Waals surface area contributed by atoms with Crippen molar-refractivity contribution >= 4 is 27.7 Å². The van der Waals surface area contributed by atoms with Gasteiger partial charge in [-0.25, -0.2) is 0 Å². The first kappa shape index (κ1) is 16.4. The van der Waals surface area contributed by atoms with Crippen LogP contribution < -0.4 is 5.32 Å². The van der Waals surface area contributed by atoms with Crippen molar-refractivity contribution in [3.63, 3.8) is 0 Å². The van der Waals surface area contributed by atoms with Crippen LogP contribution in [-0.4, -0.2) is 17.5 Å². The number of hydrogen-bond acceptors (Lipinski definition) is 2. The van der Waals surface area contributed by atoms with E-state index in [1.54, 1.807) is 0 Å². The molecule has 0 saturated heterocycles. The summed E-state index contributed by atoms with van der Waals surface area (Å²) >= 11 is 5.59. The van der Waals surface area contributed by atoms with Crippen LogP contribution >= 0.6 is 27.7 Å². The quantitative estimate of drug-likeness (QED) is 0.717. The Labute approximate surface area is 136 Å². The Morgan fingerprint density at radius 2 is 1.85 bits per heavy atom. The summed E-state index contributed by atoms with van der Waals surface area (Å²) in [6.45, 7) is 3.41. The van der Waals surface area contributed by atoms with Crippen LogP contribution in [0.5, 0.6) is 0 Å². The zero-order valence-electron chi connectivity index (χ0n) is 12.6. The fraction of sp³-hybridized carbons (Fsp3) is 0.647. The highest BCUT2D eigenvalue weighted by Crippen LogP contribution is 2.38. The second-order valence-electron chi connectivity index (χ2n) is 5.84. The number of hydrogen-bond donors (Lipinski definition) is 1. The molecule has 1 nitrogen and oxygen atoms in total. The van der Waals surface area contributed by atoms with Crippen molar-refractivity contribution in [3.8, 4) is 0 Å². The van der Waals surface area contributed by atoms with Crippen LogP contribution in [0.4, 0.5) is 0 Å². The van der Waals surface area contributed by atoms with Crippen LogP contribution in [0.2, 0.25) is 0 Å². The number of halogens is 1. The van der Waals surface area contributed by atoms with Gasteiger partial charge >= 0.3 is 0 Å². The van der Waals surface area contributed by atoms with E-state index in [0.29, 0.717) is 10.8 Å². The molecule has 0 spiro atoms. The lowest BCUT2D eigenvalue weighted by Gasteiger charge is -2.37. The summed E-state index contributed by atoms with van der Waals surface area (Å²) in [6, 6.07) is 9.24. The first-order valence-electron chi connectivity index (χ1n) is 7.73. The number of benzene rings is 1. The van der Waals surface area contributed by atoms with Crippen molar-refractivity contribution in [2.45, 2.75) is 56.2 Å². The van der Waals surface area contributed by atoms with Crippen LogP contribution in [-0.2, 0) is 0 Å². The van der Waals surface area contributed by atoms with Gasteiger partial charge in [-0.15, -0.1) is 0 Å². The first-order valence-corrected chi connectivity index (χ1v) is 9.75. The highest BCUT2D eigenvalue weighted by atomic mass is 79.9. The molecule has 1 aromatic rings. The van der Waals surface area contributed by atoms with Gasteiger partial charge in [0.25, 0.3) is 0 Å². The van der Waals surface area contributed by atoms with Gasteiger partial charge in [-0.2, -0.15) is 11.8 Å². The molecular formula is C17H26BrNS. The molecule has 1 aliphatic carbocycles. The largest absolute Gasteiger partial charge is 0.309 e. The second kappa shape index (κ2) is 7.86. The maximum Gasteiger partial charge on any atom is 0.0318 e. The van der Waals surface area contributed by atoms with Gasteiger partial charge < -0.3 is 5.32 Å². The Bertz CT molecular complexity index is 398. The fourth-order valence-electron chi connectivity index (χ4n) is 3.15. The molecule has 0 aliphatic heterocycles. The molecule has 0 amide bonds. The topological polar surface area (TPSA) is 12.0 Å². The summed E-state index contributed by atoms with van der Waals surface area (Å²) < 4.78 is 1.63. The summed E-state index contributed by atoms with van der Waals surface area (Å²) in [4.78, 5) is 0. The van der Waals surface area contributed by atoms with Gasteiger partial charge in [-0.3, -0.25) is 0 Å². The highest BCUT2D eigenvalue weighted by Gasteiger charge is 2.31. The number of thioether (sulfide) groups is 1. The lowest BCUT2D eigenvalue weighted by atomic mass is 9.87. The van der Waals surface area contributed by atoms with Gasteiger partial charge in [0, 0.05) is 21.8 Å². The molecule has 0 radical (unpaired) electrons. The summed E-state index contributed by atoms with van der Waals surface area (Å²) in [6.07, 6.45) is 10.4. The third-order valence-corrected chi connectivity index (χ3v) is 6.50. The lowest BCUT2D eigenvalue weighted by Crippen LogP contribution is -2.40. The molecule has 0 heterocycles. The molecule has 1 aliphatic rings.